The molecular formula is C29H31N5O4. The number of fused-ring (bicyclic) bond motifs is 4. The molecule has 9 nitrogen and oxygen atoms in total. The number of amides is 4. The summed E-state index contributed by atoms with van der Waals surface area (Å²) < 4.78 is 1.83. The summed E-state index contributed by atoms with van der Waals surface area (Å²) in [5, 5.41) is 8.55. The minimum Gasteiger partial charge on any atom is -0.326 e. The number of nitrogens with zero attached hydrogens (tertiary/aromatic N) is 2. The van der Waals surface area contributed by atoms with Gasteiger partial charge in [-0.05, 0) is 48.2 Å². The summed E-state index contributed by atoms with van der Waals surface area (Å²) in [5.74, 6) is -0.227. The van der Waals surface area contributed by atoms with E-state index in [1.54, 1.807) is 41.3 Å². The van der Waals surface area contributed by atoms with Gasteiger partial charge in [0.25, 0.3) is 5.56 Å². The van der Waals surface area contributed by atoms with Crippen molar-refractivity contribution < 1.29 is 14.4 Å². The van der Waals surface area contributed by atoms with E-state index in [1.165, 1.54) is 6.92 Å². The standard InChI is InChI=1S/C29H31N5O4/c1-19(35)30-23-10-12-24(13-11-23)31-28(37)25(15-20-6-3-2-4-7-20)32-29(38)33-16-21-14-22(18-33)26-8-5-9-27(36)34(26)17-21/h2-13,21-22,25H,14-18H2,1H3,(H,30,35)(H,31,37)(H,32,38)/t21-,22+,25-/m0/s1. The molecule has 5 rings (SSSR count). The highest BCUT2D eigenvalue weighted by atomic mass is 16.2. The van der Waals surface area contributed by atoms with Crippen molar-refractivity contribution in [2.75, 3.05) is 23.7 Å². The monoisotopic (exact) mass is 513 g/mol. The molecule has 2 aromatic carbocycles. The van der Waals surface area contributed by atoms with Gasteiger partial charge in [-0.1, -0.05) is 36.4 Å². The number of urea groups is 1. The van der Waals surface area contributed by atoms with Gasteiger partial charge in [0.05, 0.1) is 0 Å². The number of likely N-dealkylation sites (tertiary alicyclic amines) is 1. The van der Waals surface area contributed by atoms with Gasteiger partial charge >= 0.3 is 6.03 Å². The van der Waals surface area contributed by atoms with Crippen molar-refractivity contribution in [3.63, 3.8) is 0 Å². The third-order valence-electron chi connectivity index (χ3n) is 7.14. The molecule has 2 bridgehead atoms. The van der Waals surface area contributed by atoms with Crippen molar-refractivity contribution in [2.24, 2.45) is 5.92 Å². The van der Waals surface area contributed by atoms with Gasteiger partial charge in [-0.3, -0.25) is 14.4 Å². The molecule has 4 amide bonds. The Labute approximate surface area is 220 Å². The molecule has 3 atom stereocenters. The third-order valence-corrected chi connectivity index (χ3v) is 7.14. The second-order valence-electron chi connectivity index (χ2n) is 10.0. The van der Waals surface area contributed by atoms with Crippen molar-refractivity contribution in [3.8, 4) is 0 Å². The van der Waals surface area contributed by atoms with Crippen LogP contribution >= 0.6 is 0 Å². The zero-order chi connectivity index (χ0) is 26.6. The van der Waals surface area contributed by atoms with Gasteiger partial charge in [0, 0.05) is 62.0 Å². The Balaban J connectivity index is 1.30. The van der Waals surface area contributed by atoms with Gasteiger partial charge in [0.1, 0.15) is 6.04 Å². The van der Waals surface area contributed by atoms with Gasteiger partial charge in [-0.15, -0.1) is 0 Å². The molecular weight excluding hydrogens is 482 g/mol. The van der Waals surface area contributed by atoms with Crippen molar-refractivity contribution in [1.82, 2.24) is 14.8 Å². The molecule has 0 saturated carbocycles. The molecule has 3 heterocycles. The van der Waals surface area contributed by atoms with Crippen molar-refractivity contribution in [2.45, 2.75) is 38.3 Å². The number of pyridine rings is 1. The SMILES string of the molecule is CC(=O)Nc1ccc(NC(=O)[C@H](Cc2ccccc2)NC(=O)N2C[C@@H]3C[C@H](C2)c2cccc(=O)n2C3)cc1. The molecule has 0 unspecified atom stereocenters. The Bertz CT molecular complexity index is 1390. The number of benzene rings is 2. The van der Waals surface area contributed by atoms with Crippen LogP contribution in [0.1, 0.15) is 30.5 Å². The van der Waals surface area contributed by atoms with E-state index in [0.29, 0.717) is 37.4 Å². The molecule has 1 fully saturated rings. The van der Waals surface area contributed by atoms with Crippen LogP contribution in [0.25, 0.3) is 0 Å². The Morgan fingerprint density at radius 3 is 2.29 bits per heavy atom. The summed E-state index contributed by atoms with van der Waals surface area (Å²) in [6.45, 7) is 3.06. The second-order valence-corrected chi connectivity index (χ2v) is 10.0. The Morgan fingerprint density at radius 1 is 0.868 bits per heavy atom. The molecule has 1 saturated heterocycles. The van der Waals surface area contributed by atoms with Gasteiger partial charge < -0.3 is 25.4 Å². The van der Waals surface area contributed by atoms with Gasteiger partial charge in [0.2, 0.25) is 11.8 Å². The Morgan fingerprint density at radius 2 is 1.58 bits per heavy atom. The minimum absolute atomic E-state index is 0.000180. The zero-order valence-corrected chi connectivity index (χ0v) is 21.2. The lowest BCUT2D eigenvalue weighted by Crippen LogP contribution is -2.55. The molecule has 3 aromatic rings. The van der Waals surface area contributed by atoms with Crippen molar-refractivity contribution in [1.29, 1.82) is 0 Å². The highest BCUT2D eigenvalue weighted by Gasteiger charge is 2.37. The van der Waals surface area contributed by atoms with Crippen molar-refractivity contribution >= 4 is 29.2 Å². The third kappa shape index (κ3) is 5.77. The highest BCUT2D eigenvalue weighted by Crippen LogP contribution is 2.35. The van der Waals surface area contributed by atoms with Crippen LogP contribution in [0.2, 0.25) is 0 Å². The van der Waals surface area contributed by atoms with E-state index in [4.69, 9.17) is 0 Å². The summed E-state index contributed by atoms with van der Waals surface area (Å²) in [5.41, 5.74) is 3.08. The number of hydrogen-bond acceptors (Lipinski definition) is 4. The fourth-order valence-electron chi connectivity index (χ4n) is 5.43. The van der Waals surface area contributed by atoms with E-state index < -0.39 is 6.04 Å². The summed E-state index contributed by atoms with van der Waals surface area (Å²) in [4.78, 5) is 52.2. The lowest BCUT2D eigenvalue weighted by Gasteiger charge is -2.43. The fraction of sp³-hybridized carbons (Fsp3) is 0.310. The average molecular weight is 514 g/mol. The molecule has 9 heteroatoms. The smallest absolute Gasteiger partial charge is 0.318 e. The summed E-state index contributed by atoms with van der Waals surface area (Å²) >= 11 is 0. The van der Waals surface area contributed by atoms with Gasteiger partial charge in [-0.25, -0.2) is 4.79 Å². The maximum Gasteiger partial charge on any atom is 0.318 e. The number of hydrogen-bond donors (Lipinski definition) is 3. The quantitative estimate of drug-likeness (QED) is 0.470. The fourth-order valence-corrected chi connectivity index (χ4v) is 5.43. The topological polar surface area (TPSA) is 113 Å². The molecule has 0 radical (unpaired) electrons. The van der Waals surface area contributed by atoms with E-state index >= 15 is 0 Å². The second kappa shape index (κ2) is 10.9. The number of rotatable bonds is 6. The normalized spacial score (nSPS) is 18.6. The molecule has 2 aliphatic heterocycles. The van der Waals surface area contributed by atoms with E-state index in [9.17, 15) is 19.2 Å². The Hall–Kier alpha value is -4.40. The van der Waals surface area contributed by atoms with Crippen LogP contribution in [0.5, 0.6) is 0 Å². The molecule has 0 aliphatic carbocycles. The average Bonchev–Trinajstić information content (AvgIpc) is 2.90. The molecule has 0 spiro atoms. The highest BCUT2D eigenvalue weighted by molar-refractivity contribution is 5.97. The summed E-state index contributed by atoms with van der Waals surface area (Å²) in [7, 11) is 0. The van der Waals surface area contributed by atoms with E-state index in [2.05, 4.69) is 16.0 Å². The van der Waals surface area contributed by atoms with Gasteiger partial charge in [-0.2, -0.15) is 0 Å². The van der Waals surface area contributed by atoms with Crippen LogP contribution in [-0.2, 0) is 22.6 Å². The first-order chi connectivity index (χ1) is 18.4. The minimum atomic E-state index is -0.795. The van der Waals surface area contributed by atoms with Crippen LogP contribution in [-0.4, -0.2) is 46.4 Å². The summed E-state index contributed by atoms with van der Waals surface area (Å²) in [6, 6.07) is 20.6. The van der Waals surface area contributed by atoms with Crippen LogP contribution in [0.4, 0.5) is 16.2 Å². The van der Waals surface area contributed by atoms with E-state index in [0.717, 1.165) is 17.7 Å². The number of carbonyl (C=O) groups is 3. The Kier molecular flexibility index (Phi) is 7.26. The molecule has 38 heavy (non-hydrogen) atoms. The van der Waals surface area contributed by atoms with Crippen LogP contribution in [0.3, 0.4) is 0 Å². The number of anilines is 2. The number of carbonyl (C=O) groups excluding carboxylic acids is 3. The molecule has 196 valence electrons. The first-order valence-corrected chi connectivity index (χ1v) is 12.8. The zero-order valence-electron chi connectivity index (χ0n) is 21.2. The maximum absolute atomic E-state index is 13.4. The predicted molar refractivity (Wildman–Crippen MR) is 145 cm³/mol. The maximum atomic E-state index is 13.4. The van der Waals surface area contributed by atoms with Crippen LogP contribution in [0.15, 0.2) is 77.6 Å². The molecule has 3 N–H and O–H groups in total. The van der Waals surface area contributed by atoms with Crippen LogP contribution in [0, 0.1) is 5.92 Å². The van der Waals surface area contributed by atoms with Gasteiger partial charge in [0.15, 0.2) is 0 Å². The van der Waals surface area contributed by atoms with E-state index in [-0.39, 0.29) is 35.2 Å². The molecule has 1 aromatic heterocycles. The predicted octanol–water partition coefficient (Wildman–Crippen LogP) is 3.19. The lowest BCUT2D eigenvalue weighted by atomic mass is 9.83. The number of piperidine rings is 1. The summed E-state index contributed by atoms with van der Waals surface area (Å²) in [6.07, 6.45) is 1.27. The molecule has 2 aliphatic rings. The largest absolute Gasteiger partial charge is 0.326 e. The van der Waals surface area contributed by atoms with Crippen molar-refractivity contribution in [3.05, 3.63) is 94.4 Å². The van der Waals surface area contributed by atoms with Crippen LogP contribution < -0.4 is 21.5 Å². The first-order valence-electron chi connectivity index (χ1n) is 12.8. The first kappa shape index (κ1) is 25.3. The number of nitrogens with one attached hydrogen (secondary N) is 3. The lowest BCUT2D eigenvalue weighted by molar-refractivity contribution is -0.118. The number of aromatic nitrogens is 1. The van der Waals surface area contributed by atoms with E-state index in [1.807, 2.05) is 41.0 Å².